The first kappa shape index (κ1) is 13.3. The molecule has 1 aromatic carbocycles. The number of hydrazone groups is 1. The highest BCUT2D eigenvalue weighted by molar-refractivity contribution is 6.01. The van der Waals surface area contributed by atoms with Crippen LogP contribution in [0.25, 0.3) is 16.4 Å². The number of anilines is 1. The maximum absolute atomic E-state index is 4.49. The molecule has 4 aromatic rings. The predicted molar refractivity (Wildman–Crippen MR) is 88.4 cm³/mol. The molecule has 0 fully saturated rings. The van der Waals surface area contributed by atoms with Crippen LogP contribution in [0, 0.1) is 0 Å². The summed E-state index contributed by atoms with van der Waals surface area (Å²) in [5.41, 5.74) is 5.62. The average molecular weight is 303 g/mol. The van der Waals surface area contributed by atoms with Gasteiger partial charge in [-0.15, -0.1) is 15.3 Å². The molecule has 112 valence electrons. The van der Waals surface area contributed by atoms with Crippen LogP contribution >= 0.6 is 0 Å². The second kappa shape index (κ2) is 5.45. The van der Waals surface area contributed by atoms with Gasteiger partial charge in [0.05, 0.1) is 5.71 Å². The Kier molecular flexibility index (Phi) is 3.16. The Morgan fingerprint density at radius 1 is 1.09 bits per heavy atom. The summed E-state index contributed by atoms with van der Waals surface area (Å²) in [7, 11) is 0. The lowest BCUT2D eigenvalue weighted by molar-refractivity contribution is 0.934. The first-order valence-corrected chi connectivity index (χ1v) is 7.12. The van der Waals surface area contributed by atoms with Crippen molar-refractivity contribution in [2.75, 3.05) is 5.43 Å². The van der Waals surface area contributed by atoms with E-state index in [9.17, 15) is 0 Å². The van der Waals surface area contributed by atoms with Gasteiger partial charge < -0.3 is 0 Å². The van der Waals surface area contributed by atoms with E-state index in [2.05, 4.69) is 30.8 Å². The average Bonchev–Trinajstić information content (AvgIpc) is 3.09. The van der Waals surface area contributed by atoms with Crippen molar-refractivity contribution < 1.29 is 0 Å². The molecular weight excluding hydrogens is 290 g/mol. The number of nitrogens with one attached hydrogen (secondary N) is 1. The number of nitrogens with zero attached hydrogens (tertiary/aromatic N) is 6. The van der Waals surface area contributed by atoms with Gasteiger partial charge in [-0.25, -0.2) is 0 Å². The molecule has 0 aliphatic carbocycles. The van der Waals surface area contributed by atoms with Crippen LogP contribution in [0.3, 0.4) is 0 Å². The number of benzene rings is 1. The minimum absolute atomic E-state index is 0.654. The number of pyridine rings is 1. The number of hydrogen-bond donors (Lipinski definition) is 1. The number of hydrogen-bond acceptors (Lipinski definition) is 6. The van der Waals surface area contributed by atoms with E-state index in [0.717, 1.165) is 27.7 Å². The van der Waals surface area contributed by atoms with Crippen molar-refractivity contribution >= 4 is 27.9 Å². The molecule has 0 saturated heterocycles. The van der Waals surface area contributed by atoms with Crippen molar-refractivity contribution in [3.63, 3.8) is 0 Å². The molecule has 7 heteroatoms. The van der Waals surface area contributed by atoms with Gasteiger partial charge in [-0.2, -0.15) is 9.62 Å². The van der Waals surface area contributed by atoms with Crippen LogP contribution in [-0.2, 0) is 0 Å². The van der Waals surface area contributed by atoms with Crippen LogP contribution in [0.1, 0.15) is 12.5 Å². The minimum Gasteiger partial charge on any atom is -0.265 e. The van der Waals surface area contributed by atoms with Crippen molar-refractivity contribution in [2.45, 2.75) is 6.92 Å². The van der Waals surface area contributed by atoms with Crippen LogP contribution in [0.4, 0.5) is 5.82 Å². The molecule has 0 atom stereocenters. The molecule has 0 amide bonds. The Labute approximate surface area is 131 Å². The molecule has 0 spiro atoms. The Bertz CT molecular complexity index is 1000. The van der Waals surface area contributed by atoms with E-state index in [4.69, 9.17) is 0 Å². The van der Waals surface area contributed by atoms with E-state index in [-0.39, 0.29) is 0 Å². The zero-order valence-corrected chi connectivity index (χ0v) is 12.4. The van der Waals surface area contributed by atoms with Crippen molar-refractivity contribution in [2.24, 2.45) is 5.10 Å². The molecule has 3 aromatic heterocycles. The van der Waals surface area contributed by atoms with Crippen molar-refractivity contribution in [1.82, 2.24) is 24.8 Å². The van der Waals surface area contributed by atoms with Crippen LogP contribution < -0.4 is 5.43 Å². The minimum atomic E-state index is 0.654. The zero-order valence-electron chi connectivity index (χ0n) is 12.4. The molecule has 0 radical (unpaired) electrons. The Morgan fingerprint density at radius 3 is 2.70 bits per heavy atom. The van der Waals surface area contributed by atoms with Crippen LogP contribution in [-0.4, -0.2) is 30.5 Å². The molecule has 1 N–H and O–H groups in total. The third kappa shape index (κ3) is 2.38. The molecule has 3 heterocycles. The summed E-state index contributed by atoms with van der Waals surface area (Å²) in [6, 6.07) is 11.7. The third-order valence-electron chi connectivity index (χ3n) is 3.59. The summed E-state index contributed by atoms with van der Waals surface area (Å²) < 4.78 is 1.64. The molecule has 7 nitrogen and oxygen atoms in total. The largest absolute Gasteiger partial charge is 0.265 e. The normalized spacial score (nSPS) is 12.0. The lowest BCUT2D eigenvalue weighted by Crippen LogP contribution is -2.04. The fraction of sp³-hybridized carbons (Fsp3) is 0.0625. The summed E-state index contributed by atoms with van der Waals surface area (Å²) in [5.74, 6) is 0.654. The SMILES string of the molecule is C/C(=N\Nc1nn2cnnc2c2ccccc12)c1ccncc1. The second-order valence-electron chi connectivity index (χ2n) is 5.04. The maximum Gasteiger partial charge on any atom is 0.185 e. The van der Waals surface area contributed by atoms with Crippen molar-refractivity contribution in [1.29, 1.82) is 0 Å². The lowest BCUT2D eigenvalue weighted by atomic mass is 10.2. The highest BCUT2D eigenvalue weighted by atomic mass is 15.4. The van der Waals surface area contributed by atoms with Gasteiger partial charge in [0, 0.05) is 28.7 Å². The van der Waals surface area contributed by atoms with E-state index >= 15 is 0 Å². The smallest absolute Gasteiger partial charge is 0.185 e. The van der Waals surface area contributed by atoms with Crippen LogP contribution in [0.15, 0.2) is 60.2 Å². The highest BCUT2D eigenvalue weighted by Gasteiger charge is 2.09. The first-order valence-electron chi connectivity index (χ1n) is 7.12. The third-order valence-corrected chi connectivity index (χ3v) is 3.59. The summed E-state index contributed by atoms with van der Waals surface area (Å²) in [5, 5.41) is 18.9. The fourth-order valence-corrected chi connectivity index (χ4v) is 2.40. The fourth-order valence-electron chi connectivity index (χ4n) is 2.40. The summed E-state index contributed by atoms with van der Waals surface area (Å²) in [4.78, 5) is 4.01. The van der Waals surface area contributed by atoms with Gasteiger partial charge in [-0.1, -0.05) is 24.3 Å². The molecule has 0 saturated carbocycles. The van der Waals surface area contributed by atoms with Gasteiger partial charge in [0.2, 0.25) is 0 Å². The van der Waals surface area contributed by atoms with Gasteiger partial charge in [0.1, 0.15) is 6.33 Å². The van der Waals surface area contributed by atoms with Gasteiger partial charge >= 0.3 is 0 Å². The van der Waals surface area contributed by atoms with E-state index < -0.39 is 0 Å². The monoisotopic (exact) mass is 303 g/mol. The van der Waals surface area contributed by atoms with Crippen molar-refractivity contribution in [3.8, 4) is 0 Å². The Morgan fingerprint density at radius 2 is 1.87 bits per heavy atom. The molecule has 0 aliphatic rings. The van der Waals surface area contributed by atoms with E-state index in [0.29, 0.717) is 5.82 Å². The lowest BCUT2D eigenvalue weighted by Gasteiger charge is -2.07. The van der Waals surface area contributed by atoms with Crippen LogP contribution in [0.2, 0.25) is 0 Å². The Hall–Kier alpha value is -3.35. The van der Waals surface area contributed by atoms with Gasteiger partial charge in [-0.3, -0.25) is 10.4 Å². The summed E-state index contributed by atoms with van der Waals surface area (Å²) >= 11 is 0. The number of aromatic nitrogens is 5. The topological polar surface area (TPSA) is 80.4 Å². The van der Waals surface area contributed by atoms with E-state index in [1.807, 2.05) is 43.3 Å². The highest BCUT2D eigenvalue weighted by Crippen LogP contribution is 2.23. The van der Waals surface area contributed by atoms with Crippen LogP contribution in [0.5, 0.6) is 0 Å². The second-order valence-corrected chi connectivity index (χ2v) is 5.04. The molecule has 0 aliphatic heterocycles. The molecule has 4 rings (SSSR count). The first-order chi connectivity index (χ1) is 11.3. The number of rotatable bonds is 3. The Balaban J connectivity index is 1.79. The standard InChI is InChI=1S/C16H13N7/c1-11(12-6-8-17-9-7-12)19-20-15-13-4-2-3-5-14(13)16-21-18-10-23(16)22-15/h2-10H,1H3,(H,20,22)/b19-11+. The van der Waals surface area contributed by atoms with Gasteiger partial charge in [-0.05, 0) is 19.1 Å². The summed E-state index contributed by atoms with van der Waals surface area (Å²) in [6.45, 7) is 1.93. The maximum atomic E-state index is 4.49. The molecule has 23 heavy (non-hydrogen) atoms. The number of fused-ring (bicyclic) bond motifs is 3. The summed E-state index contributed by atoms with van der Waals surface area (Å²) in [6.07, 6.45) is 5.06. The van der Waals surface area contributed by atoms with E-state index in [1.54, 1.807) is 23.2 Å². The quantitative estimate of drug-likeness (QED) is 0.464. The van der Waals surface area contributed by atoms with Gasteiger partial charge in [0.25, 0.3) is 0 Å². The molecule has 0 unspecified atom stereocenters. The molecule has 0 bridgehead atoms. The predicted octanol–water partition coefficient (Wildman–Crippen LogP) is 2.51. The zero-order chi connectivity index (χ0) is 15.6. The molecular formula is C16H13N7. The van der Waals surface area contributed by atoms with E-state index in [1.165, 1.54) is 0 Å². The van der Waals surface area contributed by atoms with Gasteiger partial charge in [0.15, 0.2) is 11.5 Å². The van der Waals surface area contributed by atoms with Crippen molar-refractivity contribution in [3.05, 3.63) is 60.7 Å².